The summed E-state index contributed by atoms with van der Waals surface area (Å²) in [5, 5.41) is 3.03. The maximum Gasteiger partial charge on any atom is 0.251 e. The van der Waals surface area contributed by atoms with Crippen LogP contribution in [0.25, 0.3) is 0 Å². The molecule has 4 heteroatoms. The average molecular weight is 397 g/mol. The molecule has 0 spiro atoms. The van der Waals surface area contributed by atoms with Crippen molar-refractivity contribution in [3.05, 3.63) is 35.4 Å². The highest BCUT2D eigenvalue weighted by Crippen LogP contribution is 2.36. The first-order chi connectivity index (χ1) is 14.1. The fourth-order valence-electron chi connectivity index (χ4n) is 4.65. The zero-order chi connectivity index (χ0) is 20.2. The van der Waals surface area contributed by atoms with Crippen LogP contribution in [-0.2, 0) is 11.3 Å². The van der Waals surface area contributed by atoms with Crippen LogP contribution in [0.2, 0.25) is 0 Å². The minimum Gasteiger partial charge on any atom is -0.349 e. The lowest BCUT2D eigenvalue weighted by Crippen LogP contribution is -2.38. The summed E-state index contributed by atoms with van der Waals surface area (Å²) in [5.41, 5.74) is 1.85. The van der Waals surface area contributed by atoms with Crippen molar-refractivity contribution in [1.29, 1.82) is 0 Å². The van der Waals surface area contributed by atoms with Crippen LogP contribution in [0.4, 0.5) is 0 Å². The number of rotatable bonds is 9. The second-order valence-corrected chi connectivity index (χ2v) is 9.50. The van der Waals surface area contributed by atoms with Gasteiger partial charge in [-0.3, -0.25) is 9.59 Å². The molecule has 1 aromatic rings. The first-order valence-electron chi connectivity index (χ1n) is 11.8. The van der Waals surface area contributed by atoms with E-state index in [1.54, 1.807) is 0 Å². The Bertz CT molecular complexity index is 698. The van der Waals surface area contributed by atoms with E-state index in [4.69, 9.17) is 0 Å². The Morgan fingerprint density at radius 1 is 0.966 bits per heavy atom. The number of carbonyl (C=O) groups is 2. The van der Waals surface area contributed by atoms with Crippen LogP contribution in [0.5, 0.6) is 0 Å². The van der Waals surface area contributed by atoms with Crippen LogP contribution >= 0.6 is 0 Å². The summed E-state index contributed by atoms with van der Waals surface area (Å²) in [6.07, 6.45) is 13.0. The predicted octanol–water partition coefficient (Wildman–Crippen LogP) is 5.07. The maximum atomic E-state index is 13.3. The standard InChI is InChI=1S/C25H36N2O2/c1-2-3-4-18-5-11-21(12-6-18)25(29)27(23-15-16-23)17-19-7-9-20(10-8-19)24(28)26-22-13-14-22/h7-10,18,21-23H,2-6,11-17H2,1H3,(H,26,28). The van der Waals surface area contributed by atoms with Crippen molar-refractivity contribution in [2.75, 3.05) is 0 Å². The number of nitrogens with zero attached hydrogens (tertiary/aromatic N) is 1. The van der Waals surface area contributed by atoms with Crippen molar-refractivity contribution in [3.8, 4) is 0 Å². The smallest absolute Gasteiger partial charge is 0.251 e. The normalized spacial score (nSPS) is 24.2. The van der Waals surface area contributed by atoms with Gasteiger partial charge in [0.1, 0.15) is 0 Å². The average Bonchev–Trinajstić information content (AvgIpc) is 3.66. The SMILES string of the molecule is CCCCC1CCC(C(=O)N(Cc2ccc(C(=O)NC3CC3)cc2)C2CC2)CC1. The van der Waals surface area contributed by atoms with Crippen LogP contribution in [0.15, 0.2) is 24.3 Å². The van der Waals surface area contributed by atoms with Crippen molar-refractivity contribution < 1.29 is 9.59 Å². The molecule has 0 aromatic heterocycles. The number of carbonyl (C=O) groups excluding carboxylic acids is 2. The fraction of sp³-hybridized carbons (Fsp3) is 0.680. The third-order valence-electron chi connectivity index (χ3n) is 6.91. The highest BCUT2D eigenvalue weighted by atomic mass is 16.2. The summed E-state index contributed by atoms with van der Waals surface area (Å²) < 4.78 is 0. The molecule has 1 aromatic carbocycles. The van der Waals surface area contributed by atoms with Gasteiger partial charge < -0.3 is 10.2 Å². The first-order valence-corrected chi connectivity index (χ1v) is 11.8. The molecule has 4 nitrogen and oxygen atoms in total. The van der Waals surface area contributed by atoms with Gasteiger partial charge in [-0.15, -0.1) is 0 Å². The van der Waals surface area contributed by atoms with Gasteiger partial charge in [-0.2, -0.15) is 0 Å². The highest BCUT2D eigenvalue weighted by Gasteiger charge is 2.37. The molecule has 0 radical (unpaired) electrons. The van der Waals surface area contributed by atoms with E-state index in [1.807, 2.05) is 24.3 Å². The molecular weight excluding hydrogens is 360 g/mol. The maximum absolute atomic E-state index is 13.3. The monoisotopic (exact) mass is 396 g/mol. The van der Waals surface area contributed by atoms with E-state index < -0.39 is 0 Å². The summed E-state index contributed by atoms with van der Waals surface area (Å²) in [7, 11) is 0. The predicted molar refractivity (Wildman–Crippen MR) is 115 cm³/mol. The molecule has 3 fully saturated rings. The van der Waals surface area contributed by atoms with Crippen LogP contribution in [0.1, 0.15) is 93.5 Å². The number of unbranched alkanes of at least 4 members (excludes halogenated alkanes) is 1. The number of hydrogen-bond donors (Lipinski definition) is 1. The molecule has 3 saturated carbocycles. The van der Waals surface area contributed by atoms with Crippen molar-refractivity contribution in [2.24, 2.45) is 11.8 Å². The molecule has 0 saturated heterocycles. The Balaban J connectivity index is 1.32. The molecule has 3 aliphatic rings. The van der Waals surface area contributed by atoms with Gasteiger partial charge in [0, 0.05) is 30.1 Å². The molecule has 0 atom stereocenters. The lowest BCUT2D eigenvalue weighted by molar-refractivity contribution is -0.138. The third-order valence-corrected chi connectivity index (χ3v) is 6.91. The lowest BCUT2D eigenvalue weighted by Gasteiger charge is -2.32. The van der Waals surface area contributed by atoms with E-state index in [-0.39, 0.29) is 11.8 Å². The van der Waals surface area contributed by atoms with Crippen molar-refractivity contribution >= 4 is 11.8 Å². The van der Waals surface area contributed by atoms with Gasteiger partial charge >= 0.3 is 0 Å². The summed E-state index contributed by atoms with van der Waals surface area (Å²) in [4.78, 5) is 27.6. The molecule has 3 aliphatic carbocycles. The Morgan fingerprint density at radius 2 is 1.66 bits per heavy atom. The zero-order valence-corrected chi connectivity index (χ0v) is 17.9. The van der Waals surface area contributed by atoms with Gasteiger partial charge in [0.15, 0.2) is 0 Å². The van der Waals surface area contributed by atoms with Crippen molar-refractivity contribution in [2.45, 2.75) is 96.2 Å². The van der Waals surface area contributed by atoms with Crippen LogP contribution in [-0.4, -0.2) is 28.8 Å². The third kappa shape index (κ3) is 5.61. The molecular formula is C25H36N2O2. The minimum atomic E-state index is 0.0222. The second-order valence-electron chi connectivity index (χ2n) is 9.50. The minimum absolute atomic E-state index is 0.0222. The largest absolute Gasteiger partial charge is 0.349 e. The van der Waals surface area contributed by atoms with E-state index in [0.29, 0.717) is 24.5 Å². The number of amides is 2. The van der Waals surface area contributed by atoms with Crippen LogP contribution in [0.3, 0.4) is 0 Å². The van der Waals surface area contributed by atoms with E-state index in [1.165, 1.54) is 32.1 Å². The van der Waals surface area contributed by atoms with E-state index in [0.717, 1.165) is 55.6 Å². The van der Waals surface area contributed by atoms with Gasteiger partial charge in [0.25, 0.3) is 5.91 Å². The quantitative estimate of drug-likeness (QED) is 0.634. The molecule has 0 unspecified atom stereocenters. The van der Waals surface area contributed by atoms with Crippen LogP contribution in [0, 0.1) is 11.8 Å². The van der Waals surface area contributed by atoms with Gasteiger partial charge in [-0.05, 0) is 75.0 Å². The molecule has 0 bridgehead atoms. The van der Waals surface area contributed by atoms with E-state index in [9.17, 15) is 9.59 Å². The van der Waals surface area contributed by atoms with Crippen molar-refractivity contribution in [3.63, 3.8) is 0 Å². The Morgan fingerprint density at radius 3 is 2.24 bits per heavy atom. The molecule has 1 N–H and O–H groups in total. The molecule has 0 aliphatic heterocycles. The van der Waals surface area contributed by atoms with Crippen LogP contribution < -0.4 is 5.32 Å². The fourth-order valence-corrected chi connectivity index (χ4v) is 4.65. The molecule has 29 heavy (non-hydrogen) atoms. The molecule has 2 amide bonds. The van der Waals surface area contributed by atoms with E-state index in [2.05, 4.69) is 17.1 Å². The summed E-state index contributed by atoms with van der Waals surface area (Å²) in [5.74, 6) is 1.45. The summed E-state index contributed by atoms with van der Waals surface area (Å²) in [6, 6.07) is 8.65. The van der Waals surface area contributed by atoms with Gasteiger partial charge in [-0.25, -0.2) is 0 Å². The second kappa shape index (κ2) is 9.32. The van der Waals surface area contributed by atoms with Gasteiger partial charge in [0.05, 0.1) is 0 Å². The Labute approximate surface area is 175 Å². The molecule has 158 valence electrons. The highest BCUT2D eigenvalue weighted by molar-refractivity contribution is 5.94. The topological polar surface area (TPSA) is 49.4 Å². The molecule has 4 rings (SSSR count). The number of hydrogen-bond acceptors (Lipinski definition) is 2. The number of nitrogens with one attached hydrogen (secondary N) is 1. The van der Waals surface area contributed by atoms with Gasteiger partial charge in [0.2, 0.25) is 5.91 Å². The Hall–Kier alpha value is -1.84. The number of benzene rings is 1. The first kappa shape index (κ1) is 20.4. The molecule has 0 heterocycles. The summed E-state index contributed by atoms with van der Waals surface area (Å²) >= 11 is 0. The summed E-state index contributed by atoms with van der Waals surface area (Å²) in [6.45, 7) is 2.94. The Kier molecular flexibility index (Phi) is 6.56. The van der Waals surface area contributed by atoms with Crippen molar-refractivity contribution in [1.82, 2.24) is 10.2 Å². The van der Waals surface area contributed by atoms with Gasteiger partial charge in [-0.1, -0.05) is 38.3 Å². The van der Waals surface area contributed by atoms with E-state index >= 15 is 0 Å². The lowest BCUT2D eigenvalue weighted by atomic mass is 9.79. The zero-order valence-electron chi connectivity index (χ0n) is 17.9.